The summed E-state index contributed by atoms with van der Waals surface area (Å²) in [4.78, 5) is 26.9. The number of anilines is 1. The van der Waals surface area contributed by atoms with Crippen molar-refractivity contribution in [3.05, 3.63) is 65.9 Å². The average molecular weight is 375 g/mol. The van der Waals surface area contributed by atoms with E-state index in [-0.39, 0.29) is 6.54 Å². The Morgan fingerprint density at radius 2 is 1.67 bits per heavy atom. The zero-order valence-electron chi connectivity index (χ0n) is 14.1. The van der Waals surface area contributed by atoms with Gasteiger partial charge >= 0.3 is 18.0 Å². The highest BCUT2D eigenvalue weighted by atomic mass is 19.4. The number of benzene rings is 2. The summed E-state index contributed by atoms with van der Waals surface area (Å²) in [6, 6.07) is 12.1. The maximum absolute atomic E-state index is 12.9. The SMILES string of the molecule is O=C(NCCc1c[nH]c2ccccc12)C(=O)Nc1ccccc1C(F)(F)F. The van der Waals surface area contributed by atoms with Gasteiger partial charge in [-0.1, -0.05) is 30.3 Å². The van der Waals surface area contributed by atoms with Crippen molar-refractivity contribution in [3.8, 4) is 0 Å². The molecule has 0 atom stereocenters. The van der Waals surface area contributed by atoms with Crippen LogP contribution in [0, 0.1) is 0 Å². The third-order valence-electron chi connectivity index (χ3n) is 4.04. The van der Waals surface area contributed by atoms with Crippen molar-refractivity contribution >= 4 is 28.4 Å². The van der Waals surface area contributed by atoms with E-state index in [1.807, 2.05) is 35.8 Å². The van der Waals surface area contributed by atoms with Crippen molar-refractivity contribution < 1.29 is 22.8 Å². The third kappa shape index (κ3) is 4.28. The molecule has 0 aliphatic heterocycles. The van der Waals surface area contributed by atoms with E-state index in [4.69, 9.17) is 0 Å². The number of carbonyl (C=O) groups is 2. The first-order valence-electron chi connectivity index (χ1n) is 8.16. The molecule has 0 unspecified atom stereocenters. The summed E-state index contributed by atoms with van der Waals surface area (Å²) in [7, 11) is 0. The number of fused-ring (bicyclic) bond motifs is 1. The minimum atomic E-state index is -4.63. The molecule has 1 heterocycles. The molecule has 0 spiro atoms. The van der Waals surface area contributed by atoms with Crippen LogP contribution in [0.1, 0.15) is 11.1 Å². The number of rotatable bonds is 4. The summed E-state index contributed by atoms with van der Waals surface area (Å²) >= 11 is 0. The lowest BCUT2D eigenvalue weighted by Gasteiger charge is -2.13. The molecule has 0 radical (unpaired) electrons. The molecule has 3 rings (SSSR count). The van der Waals surface area contributed by atoms with Crippen LogP contribution in [0.4, 0.5) is 18.9 Å². The van der Waals surface area contributed by atoms with Crippen molar-refractivity contribution in [2.75, 3.05) is 11.9 Å². The molecule has 5 nitrogen and oxygen atoms in total. The molecule has 2 amide bonds. The molecule has 27 heavy (non-hydrogen) atoms. The standard InChI is InChI=1S/C19H16F3N3O2/c20-19(21,22)14-6-2-4-8-16(14)25-18(27)17(26)23-10-9-12-11-24-15-7-3-1-5-13(12)15/h1-8,11,24H,9-10H2,(H,23,26)(H,25,27). The number of H-pyrrole nitrogens is 1. The summed E-state index contributed by atoms with van der Waals surface area (Å²) in [5.74, 6) is -2.14. The van der Waals surface area contributed by atoms with E-state index >= 15 is 0 Å². The molecule has 0 saturated heterocycles. The second-order valence-electron chi connectivity index (χ2n) is 5.86. The first-order valence-corrected chi connectivity index (χ1v) is 8.16. The molecule has 3 N–H and O–H groups in total. The van der Waals surface area contributed by atoms with E-state index in [1.165, 1.54) is 12.1 Å². The summed E-state index contributed by atoms with van der Waals surface area (Å²) in [6.45, 7) is 0.176. The lowest BCUT2D eigenvalue weighted by molar-refractivity contribution is -0.138. The number of halogens is 3. The predicted molar refractivity (Wildman–Crippen MR) is 95.1 cm³/mol. The minimum absolute atomic E-state index is 0.176. The van der Waals surface area contributed by atoms with Crippen LogP contribution < -0.4 is 10.6 Å². The van der Waals surface area contributed by atoms with Crippen LogP contribution in [0.3, 0.4) is 0 Å². The van der Waals surface area contributed by atoms with Crippen LogP contribution in [-0.2, 0) is 22.2 Å². The highest BCUT2D eigenvalue weighted by Crippen LogP contribution is 2.34. The summed E-state index contributed by atoms with van der Waals surface area (Å²) in [5.41, 5.74) is 0.459. The monoisotopic (exact) mass is 375 g/mol. The van der Waals surface area contributed by atoms with Gasteiger partial charge < -0.3 is 15.6 Å². The maximum Gasteiger partial charge on any atom is 0.418 e. The van der Waals surface area contributed by atoms with Gasteiger partial charge in [-0.3, -0.25) is 9.59 Å². The minimum Gasteiger partial charge on any atom is -0.361 e. The molecule has 0 saturated carbocycles. The number of hydrogen-bond acceptors (Lipinski definition) is 2. The van der Waals surface area contributed by atoms with E-state index < -0.39 is 29.2 Å². The van der Waals surface area contributed by atoms with Gasteiger partial charge in [-0.2, -0.15) is 13.2 Å². The van der Waals surface area contributed by atoms with Gasteiger partial charge in [-0.05, 0) is 30.2 Å². The smallest absolute Gasteiger partial charge is 0.361 e. The van der Waals surface area contributed by atoms with Gasteiger partial charge in [0.05, 0.1) is 11.3 Å². The van der Waals surface area contributed by atoms with Crippen LogP contribution >= 0.6 is 0 Å². The lowest BCUT2D eigenvalue weighted by Crippen LogP contribution is -2.36. The zero-order valence-corrected chi connectivity index (χ0v) is 14.1. The van der Waals surface area contributed by atoms with Gasteiger partial charge in [0.25, 0.3) is 0 Å². The number of para-hydroxylation sites is 2. The molecule has 0 aliphatic rings. The van der Waals surface area contributed by atoms with Crippen LogP contribution in [0.5, 0.6) is 0 Å². The maximum atomic E-state index is 12.9. The molecular formula is C19H16F3N3O2. The normalized spacial score (nSPS) is 11.4. The van der Waals surface area contributed by atoms with Gasteiger partial charge in [0.15, 0.2) is 0 Å². The van der Waals surface area contributed by atoms with Gasteiger partial charge in [0, 0.05) is 23.6 Å². The van der Waals surface area contributed by atoms with E-state index in [0.29, 0.717) is 6.42 Å². The van der Waals surface area contributed by atoms with E-state index in [0.717, 1.165) is 28.6 Å². The van der Waals surface area contributed by atoms with E-state index in [2.05, 4.69) is 10.3 Å². The van der Waals surface area contributed by atoms with Crippen LogP contribution in [0.15, 0.2) is 54.7 Å². The Morgan fingerprint density at radius 3 is 2.44 bits per heavy atom. The van der Waals surface area contributed by atoms with Crippen molar-refractivity contribution in [3.63, 3.8) is 0 Å². The number of carbonyl (C=O) groups excluding carboxylic acids is 2. The van der Waals surface area contributed by atoms with Gasteiger partial charge in [0.2, 0.25) is 0 Å². The number of nitrogens with one attached hydrogen (secondary N) is 3. The fourth-order valence-electron chi connectivity index (χ4n) is 2.75. The fraction of sp³-hybridized carbons (Fsp3) is 0.158. The highest BCUT2D eigenvalue weighted by Gasteiger charge is 2.34. The number of hydrogen-bond donors (Lipinski definition) is 3. The Morgan fingerprint density at radius 1 is 0.963 bits per heavy atom. The molecule has 2 aromatic carbocycles. The Balaban J connectivity index is 1.58. The van der Waals surface area contributed by atoms with Crippen molar-refractivity contribution in [2.45, 2.75) is 12.6 Å². The molecule has 8 heteroatoms. The molecule has 0 aliphatic carbocycles. The molecule has 0 fully saturated rings. The van der Waals surface area contributed by atoms with E-state index in [9.17, 15) is 22.8 Å². The number of aromatic nitrogens is 1. The lowest BCUT2D eigenvalue weighted by atomic mass is 10.1. The Labute approximate surface area is 152 Å². The summed E-state index contributed by atoms with van der Waals surface area (Å²) < 4.78 is 38.8. The number of alkyl halides is 3. The third-order valence-corrected chi connectivity index (χ3v) is 4.04. The zero-order chi connectivity index (χ0) is 19.4. The summed E-state index contributed by atoms with van der Waals surface area (Å²) in [5, 5.41) is 5.44. The molecular weight excluding hydrogens is 359 g/mol. The molecule has 3 aromatic rings. The Kier molecular flexibility index (Phi) is 5.16. The average Bonchev–Trinajstić information content (AvgIpc) is 3.04. The second-order valence-corrected chi connectivity index (χ2v) is 5.86. The molecule has 140 valence electrons. The largest absolute Gasteiger partial charge is 0.418 e. The second kappa shape index (κ2) is 7.53. The summed E-state index contributed by atoms with van der Waals surface area (Å²) in [6.07, 6.45) is -2.34. The first-order chi connectivity index (χ1) is 12.9. The van der Waals surface area contributed by atoms with Gasteiger partial charge in [-0.15, -0.1) is 0 Å². The fourth-order valence-corrected chi connectivity index (χ4v) is 2.75. The van der Waals surface area contributed by atoms with E-state index in [1.54, 1.807) is 0 Å². The van der Waals surface area contributed by atoms with Crippen molar-refractivity contribution in [2.24, 2.45) is 0 Å². The quantitative estimate of drug-likeness (QED) is 0.611. The Hall–Kier alpha value is -3.29. The van der Waals surface area contributed by atoms with Crippen LogP contribution in [0.25, 0.3) is 10.9 Å². The van der Waals surface area contributed by atoms with Crippen LogP contribution in [-0.4, -0.2) is 23.3 Å². The van der Waals surface area contributed by atoms with Crippen molar-refractivity contribution in [1.29, 1.82) is 0 Å². The predicted octanol–water partition coefficient (Wildman–Crippen LogP) is 3.48. The highest BCUT2D eigenvalue weighted by molar-refractivity contribution is 6.39. The number of amides is 2. The van der Waals surface area contributed by atoms with Gasteiger partial charge in [-0.25, -0.2) is 0 Å². The topological polar surface area (TPSA) is 74.0 Å². The molecule has 1 aromatic heterocycles. The Bertz CT molecular complexity index is 979. The van der Waals surface area contributed by atoms with Gasteiger partial charge in [0.1, 0.15) is 0 Å². The van der Waals surface area contributed by atoms with Crippen LogP contribution in [0.2, 0.25) is 0 Å². The number of aromatic amines is 1. The van der Waals surface area contributed by atoms with Crippen molar-refractivity contribution in [1.82, 2.24) is 10.3 Å². The first kappa shape index (κ1) is 18.5. The molecule has 0 bridgehead atoms.